The second kappa shape index (κ2) is 8.35. The Kier molecular flexibility index (Phi) is 5.46. The average molecular weight is 524 g/mol. The van der Waals surface area contributed by atoms with Crippen LogP contribution in [0.4, 0.5) is 13.2 Å². The molecule has 1 aromatic heterocycles. The Morgan fingerprint density at radius 3 is 1.41 bits per heavy atom. The van der Waals surface area contributed by atoms with Gasteiger partial charge >= 0.3 is 6.18 Å². The number of hydrogen-bond acceptors (Lipinski definition) is 0. The normalized spacial score (nSPS) is 13.3. The molecule has 0 saturated carbocycles. The zero-order valence-corrected chi connectivity index (χ0v) is 23.2. The van der Waals surface area contributed by atoms with E-state index in [1.807, 2.05) is 18.2 Å². The fourth-order valence-electron chi connectivity index (χ4n) is 5.53. The molecular formula is C35H32F3N. The van der Waals surface area contributed by atoms with E-state index < -0.39 is 11.7 Å². The van der Waals surface area contributed by atoms with Crippen LogP contribution in [0.2, 0.25) is 0 Å². The lowest BCUT2D eigenvalue weighted by molar-refractivity contribution is -0.137. The highest BCUT2D eigenvalue weighted by molar-refractivity contribution is 6.10. The number of benzene rings is 5. The molecule has 6 aromatic rings. The predicted molar refractivity (Wildman–Crippen MR) is 158 cm³/mol. The summed E-state index contributed by atoms with van der Waals surface area (Å²) in [6, 6.07) is 27.5. The molecule has 0 saturated heterocycles. The molecule has 0 N–H and O–H groups in total. The van der Waals surface area contributed by atoms with Crippen molar-refractivity contribution in [2.75, 3.05) is 0 Å². The van der Waals surface area contributed by atoms with E-state index in [4.69, 9.17) is 0 Å². The van der Waals surface area contributed by atoms with Gasteiger partial charge in [-0.15, -0.1) is 0 Å². The minimum atomic E-state index is -4.36. The van der Waals surface area contributed by atoms with Gasteiger partial charge in [-0.3, -0.25) is 0 Å². The quantitative estimate of drug-likeness (QED) is 0.189. The molecule has 0 bridgehead atoms. The number of hydrogen-bond donors (Lipinski definition) is 0. The predicted octanol–water partition coefficient (Wildman–Crippen LogP) is 10.7. The Labute approximate surface area is 226 Å². The standard InChI is InChI=1S/C35H32F3N/c1-33(2,3)25-10-13-31-29(19-25)30-20-26(34(4,5)6)11-14-32(30)39(31)28-12-8-22-15-23-17-27(35(36,37)38)9-7-21(23)16-24(22)18-28/h7-20H,1-6H3. The van der Waals surface area contributed by atoms with E-state index in [-0.39, 0.29) is 10.8 Å². The van der Waals surface area contributed by atoms with Crippen LogP contribution in [0, 0.1) is 0 Å². The van der Waals surface area contributed by atoms with Gasteiger partial charge in [0.2, 0.25) is 0 Å². The topological polar surface area (TPSA) is 4.93 Å². The highest BCUT2D eigenvalue weighted by Gasteiger charge is 2.30. The third-order valence-electron chi connectivity index (χ3n) is 7.86. The first-order valence-electron chi connectivity index (χ1n) is 13.3. The van der Waals surface area contributed by atoms with Crippen molar-refractivity contribution in [2.24, 2.45) is 0 Å². The van der Waals surface area contributed by atoms with Crippen LogP contribution in [0.15, 0.2) is 84.9 Å². The minimum Gasteiger partial charge on any atom is -0.309 e. The van der Waals surface area contributed by atoms with Gasteiger partial charge in [-0.25, -0.2) is 0 Å². The van der Waals surface area contributed by atoms with Crippen molar-refractivity contribution in [3.05, 3.63) is 102 Å². The minimum absolute atomic E-state index is 0.0280. The molecule has 39 heavy (non-hydrogen) atoms. The highest BCUT2D eigenvalue weighted by Crippen LogP contribution is 2.39. The maximum absolute atomic E-state index is 13.3. The molecule has 4 heteroatoms. The lowest BCUT2D eigenvalue weighted by Crippen LogP contribution is -2.10. The van der Waals surface area contributed by atoms with Gasteiger partial charge < -0.3 is 4.57 Å². The van der Waals surface area contributed by atoms with Crippen LogP contribution in [0.25, 0.3) is 49.0 Å². The molecule has 0 fully saturated rings. The Bertz CT molecular complexity index is 1840. The Morgan fingerprint density at radius 1 is 0.462 bits per heavy atom. The molecule has 0 radical (unpaired) electrons. The zero-order valence-electron chi connectivity index (χ0n) is 23.2. The Hall–Kier alpha value is -3.79. The zero-order chi connectivity index (χ0) is 27.9. The molecule has 6 rings (SSSR count). The first-order valence-corrected chi connectivity index (χ1v) is 13.3. The number of fused-ring (bicyclic) bond motifs is 5. The number of nitrogens with zero attached hydrogens (tertiary/aromatic N) is 1. The summed E-state index contributed by atoms with van der Waals surface area (Å²) in [4.78, 5) is 0. The molecule has 1 nitrogen and oxygen atoms in total. The van der Waals surface area contributed by atoms with E-state index in [0.29, 0.717) is 5.39 Å². The third kappa shape index (κ3) is 4.36. The van der Waals surface area contributed by atoms with E-state index >= 15 is 0 Å². The van der Waals surface area contributed by atoms with Gasteiger partial charge in [-0.1, -0.05) is 65.8 Å². The molecule has 0 aliphatic carbocycles. The van der Waals surface area contributed by atoms with Gasteiger partial charge in [0.1, 0.15) is 0 Å². The summed E-state index contributed by atoms with van der Waals surface area (Å²) in [7, 11) is 0. The first-order chi connectivity index (χ1) is 18.2. The molecule has 0 spiro atoms. The SMILES string of the molecule is CC(C)(C)c1ccc2c(c1)c1cc(C(C)(C)C)ccc1n2-c1ccc2cc3cc(C(F)(F)F)ccc3cc2c1. The van der Waals surface area contributed by atoms with E-state index in [0.717, 1.165) is 38.9 Å². The highest BCUT2D eigenvalue weighted by atomic mass is 19.4. The van der Waals surface area contributed by atoms with Crippen LogP contribution in [-0.2, 0) is 17.0 Å². The first kappa shape index (κ1) is 25.5. The van der Waals surface area contributed by atoms with Crippen molar-refractivity contribution in [3.63, 3.8) is 0 Å². The van der Waals surface area contributed by atoms with Crippen molar-refractivity contribution in [1.29, 1.82) is 0 Å². The molecule has 0 atom stereocenters. The van der Waals surface area contributed by atoms with Gasteiger partial charge in [0.05, 0.1) is 16.6 Å². The smallest absolute Gasteiger partial charge is 0.309 e. The number of halogens is 3. The van der Waals surface area contributed by atoms with Crippen LogP contribution in [0.5, 0.6) is 0 Å². The molecule has 198 valence electrons. The molecule has 1 heterocycles. The summed E-state index contributed by atoms with van der Waals surface area (Å²) >= 11 is 0. The summed E-state index contributed by atoms with van der Waals surface area (Å²) in [6.07, 6.45) is -4.36. The van der Waals surface area contributed by atoms with Crippen molar-refractivity contribution < 1.29 is 13.2 Å². The van der Waals surface area contributed by atoms with Crippen LogP contribution in [0.3, 0.4) is 0 Å². The maximum atomic E-state index is 13.3. The fourth-order valence-corrected chi connectivity index (χ4v) is 5.53. The lowest BCUT2D eigenvalue weighted by Gasteiger charge is -2.19. The number of rotatable bonds is 1. The van der Waals surface area contributed by atoms with Crippen LogP contribution in [-0.4, -0.2) is 4.57 Å². The summed E-state index contributed by atoms with van der Waals surface area (Å²) < 4.78 is 42.1. The third-order valence-corrected chi connectivity index (χ3v) is 7.86. The van der Waals surface area contributed by atoms with Crippen LogP contribution >= 0.6 is 0 Å². The molecule has 5 aromatic carbocycles. The van der Waals surface area contributed by atoms with Gasteiger partial charge in [0.25, 0.3) is 0 Å². The van der Waals surface area contributed by atoms with Crippen molar-refractivity contribution >= 4 is 43.4 Å². The van der Waals surface area contributed by atoms with Gasteiger partial charge in [0.15, 0.2) is 0 Å². The monoisotopic (exact) mass is 523 g/mol. The van der Waals surface area contributed by atoms with Gasteiger partial charge in [-0.2, -0.15) is 13.2 Å². The van der Waals surface area contributed by atoms with E-state index in [9.17, 15) is 13.2 Å². The Morgan fingerprint density at radius 2 is 0.923 bits per heavy atom. The molecule has 0 unspecified atom stereocenters. The van der Waals surface area contributed by atoms with E-state index in [1.54, 1.807) is 6.07 Å². The number of alkyl halides is 3. The largest absolute Gasteiger partial charge is 0.416 e. The van der Waals surface area contributed by atoms with Crippen LogP contribution in [0.1, 0.15) is 58.2 Å². The van der Waals surface area contributed by atoms with Crippen molar-refractivity contribution in [1.82, 2.24) is 4.57 Å². The van der Waals surface area contributed by atoms with Crippen molar-refractivity contribution in [2.45, 2.75) is 58.5 Å². The molecule has 0 aliphatic heterocycles. The summed E-state index contributed by atoms with van der Waals surface area (Å²) in [5.41, 5.74) is 5.32. The van der Waals surface area contributed by atoms with Crippen LogP contribution < -0.4 is 0 Å². The molecule has 0 aliphatic rings. The lowest BCUT2D eigenvalue weighted by atomic mass is 9.85. The Balaban J connectivity index is 1.60. The average Bonchev–Trinajstić information content (AvgIpc) is 3.18. The van der Waals surface area contributed by atoms with E-state index in [1.165, 1.54) is 28.0 Å². The van der Waals surface area contributed by atoms with E-state index in [2.05, 4.69) is 94.6 Å². The number of aromatic nitrogens is 1. The summed E-state index contributed by atoms with van der Waals surface area (Å²) in [6.45, 7) is 13.4. The van der Waals surface area contributed by atoms with Crippen molar-refractivity contribution in [3.8, 4) is 5.69 Å². The second-order valence-electron chi connectivity index (χ2n) is 12.7. The second-order valence-corrected chi connectivity index (χ2v) is 12.7. The summed E-state index contributed by atoms with van der Waals surface area (Å²) in [5.74, 6) is 0. The molecular weight excluding hydrogens is 491 g/mol. The molecule has 0 amide bonds. The van der Waals surface area contributed by atoms with Gasteiger partial charge in [0, 0.05) is 16.5 Å². The maximum Gasteiger partial charge on any atom is 0.416 e. The van der Waals surface area contributed by atoms with Gasteiger partial charge in [-0.05, 0) is 104 Å². The summed E-state index contributed by atoms with van der Waals surface area (Å²) in [5, 5.41) is 5.73. The fraction of sp³-hybridized carbons (Fsp3) is 0.257.